The summed E-state index contributed by atoms with van der Waals surface area (Å²) in [6.07, 6.45) is 6.90. The fourth-order valence-electron chi connectivity index (χ4n) is 3.38. The van der Waals surface area contributed by atoms with Gasteiger partial charge in [-0.05, 0) is 30.9 Å². The van der Waals surface area contributed by atoms with Gasteiger partial charge in [0.05, 0.1) is 12.7 Å². The average molecular weight is 245 g/mol. The summed E-state index contributed by atoms with van der Waals surface area (Å²) in [5.74, 6) is 0. The van der Waals surface area contributed by atoms with Crippen LogP contribution in [0.2, 0.25) is 0 Å². The molecular weight excluding hydrogens is 222 g/mol. The van der Waals surface area contributed by atoms with E-state index in [1.807, 2.05) is 0 Å². The summed E-state index contributed by atoms with van der Waals surface area (Å²) in [5.41, 5.74) is 2.97. The van der Waals surface area contributed by atoms with Gasteiger partial charge in [0, 0.05) is 12.1 Å². The summed E-state index contributed by atoms with van der Waals surface area (Å²) in [5, 5.41) is 3.79. The molecule has 0 radical (unpaired) electrons. The van der Waals surface area contributed by atoms with E-state index >= 15 is 0 Å². The second-order valence-electron chi connectivity index (χ2n) is 5.88. The molecule has 1 N–H and O–H groups in total. The predicted octanol–water partition coefficient (Wildman–Crippen LogP) is 3.36. The van der Waals surface area contributed by atoms with Crippen molar-refractivity contribution in [3.63, 3.8) is 0 Å². The first kappa shape index (κ1) is 12.2. The van der Waals surface area contributed by atoms with Crippen LogP contribution in [0.3, 0.4) is 0 Å². The maximum Gasteiger partial charge on any atom is 0.0952 e. The van der Waals surface area contributed by atoms with E-state index in [1.54, 1.807) is 0 Å². The summed E-state index contributed by atoms with van der Waals surface area (Å²) in [4.78, 5) is 0. The number of morpholine rings is 1. The largest absolute Gasteiger partial charge is 0.370 e. The van der Waals surface area contributed by atoms with E-state index in [4.69, 9.17) is 4.74 Å². The van der Waals surface area contributed by atoms with Crippen molar-refractivity contribution in [3.8, 4) is 0 Å². The number of hydrogen-bond donors (Lipinski definition) is 1. The highest BCUT2D eigenvalue weighted by Gasteiger charge is 2.37. The molecule has 1 aromatic carbocycles. The SMILES string of the molecule is Cc1ccccc1C1CNC2(CCCCC2)CO1. The second-order valence-corrected chi connectivity index (χ2v) is 5.88. The quantitative estimate of drug-likeness (QED) is 0.819. The van der Waals surface area contributed by atoms with Gasteiger partial charge in [-0.25, -0.2) is 0 Å². The molecule has 1 unspecified atom stereocenters. The van der Waals surface area contributed by atoms with Crippen LogP contribution in [0.1, 0.15) is 49.3 Å². The molecule has 2 fully saturated rings. The molecule has 1 aromatic rings. The van der Waals surface area contributed by atoms with Gasteiger partial charge in [-0.2, -0.15) is 0 Å². The van der Waals surface area contributed by atoms with Gasteiger partial charge in [-0.1, -0.05) is 43.5 Å². The minimum Gasteiger partial charge on any atom is -0.370 e. The van der Waals surface area contributed by atoms with Crippen LogP contribution in [0.15, 0.2) is 24.3 Å². The van der Waals surface area contributed by atoms with Crippen molar-refractivity contribution in [2.75, 3.05) is 13.2 Å². The highest BCUT2D eigenvalue weighted by molar-refractivity contribution is 5.28. The minimum atomic E-state index is 0.235. The predicted molar refractivity (Wildman–Crippen MR) is 73.7 cm³/mol. The van der Waals surface area contributed by atoms with E-state index in [2.05, 4.69) is 36.5 Å². The number of ether oxygens (including phenoxy) is 1. The Morgan fingerprint density at radius 3 is 2.61 bits per heavy atom. The Balaban J connectivity index is 1.68. The van der Waals surface area contributed by atoms with E-state index < -0.39 is 0 Å². The number of rotatable bonds is 1. The third kappa shape index (κ3) is 2.32. The lowest BCUT2D eigenvalue weighted by Gasteiger charge is -2.44. The number of nitrogens with one attached hydrogen (secondary N) is 1. The molecule has 1 heterocycles. The molecule has 18 heavy (non-hydrogen) atoms. The van der Waals surface area contributed by atoms with Crippen LogP contribution >= 0.6 is 0 Å². The molecular formula is C16H23NO. The molecule has 3 rings (SSSR count). The summed E-state index contributed by atoms with van der Waals surface area (Å²) < 4.78 is 6.18. The molecule has 1 spiro atoms. The molecule has 1 aliphatic heterocycles. The van der Waals surface area contributed by atoms with Crippen molar-refractivity contribution in [2.45, 2.75) is 50.7 Å². The second kappa shape index (κ2) is 5.02. The van der Waals surface area contributed by atoms with Crippen molar-refractivity contribution >= 4 is 0 Å². The van der Waals surface area contributed by atoms with Crippen molar-refractivity contribution in [1.29, 1.82) is 0 Å². The van der Waals surface area contributed by atoms with E-state index in [-0.39, 0.29) is 11.6 Å². The summed E-state index contributed by atoms with van der Waals surface area (Å²) >= 11 is 0. The highest BCUT2D eigenvalue weighted by Crippen LogP contribution is 2.34. The van der Waals surface area contributed by atoms with Crippen LogP contribution in [0, 0.1) is 6.92 Å². The third-order valence-corrected chi connectivity index (χ3v) is 4.57. The van der Waals surface area contributed by atoms with Crippen molar-refractivity contribution in [2.24, 2.45) is 0 Å². The van der Waals surface area contributed by atoms with Crippen LogP contribution in [0.25, 0.3) is 0 Å². The maximum absolute atomic E-state index is 6.18. The van der Waals surface area contributed by atoms with Gasteiger partial charge in [0.25, 0.3) is 0 Å². The Morgan fingerprint density at radius 2 is 1.94 bits per heavy atom. The molecule has 1 saturated heterocycles. The van der Waals surface area contributed by atoms with E-state index in [0.717, 1.165) is 13.2 Å². The zero-order chi connectivity index (χ0) is 12.4. The smallest absolute Gasteiger partial charge is 0.0952 e. The van der Waals surface area contributed by atoms with Gasteiger partial charge in [0.1, 0.15) is 0 Å². The number of aryl methyl sites for hydroxylation is 1. The molecule has 98 valence electrons. The number of benzene rings is 1. The molecule has 2 nitrogen and oxygen atoms in total. The molecule has 0 aromatic heterocycles. The summed E-state index contributed by atoms with van der Waals surface area (Å²) in [7, 11) is 0. The van der Waals surface area contributed by atoms with Crippen LogP contribution in [-0.2, 0) is 4.74 Å². The Kier molecular flexibility index (Phi) is 3.40. The monoisotopic (exact) mass is 245 g/mol. The molecule has 1 aliphatic carbocycles. The zero-order valence-corrected chi connectivity index (χ0v) is 11.2. The Hall–Kier alpha value is -0.860. The van der Waals surface area contributed by atoms with Gasteiger partial charge in [0.2, 0.25) is 0 Å². The minimum absolute atomic E-state index is 0.235. The summed E-state index contributed by atoms with van der Waals surface area (Å²) in [6.45, 7) is 4.01. The van der Waals surface area contributed by atoms with Crippen LogP contribution in [0.5, 0.6) is 0 Å². The van der Waals surface area contributed by atoms with Gasteiger partial charge in [-0.3, -0.25) is 0 Å². The molecule has 1 atom stereocenters. The van der Waals surface area contributed by atoms with Crippen molar-refractivity contribution in [3.05, 3.63) is 35.4 Å². The molecule has 2 aliphatic rings. The molecule has 1 saturated carbocycles. The Morgan fingerprint density at radius 1 is 1.17 bits per heavy atom. The van der Waals surface area contributed by atoms with E-state index in [1.165, 1.54) is 43.2 Å². The first-order valence-corrected chi connectivity index (χ1v) is 7.21. The fourth-order valence-corrected chi connectivity index (χ4v) is 3.38. The summed E-state index contributed by atoms with van der Waals surface area (Å²) in [6, 6.07) is 8.57. The van der Waals surface area contributed by atoms with Crippen molar-refractivity contribution < 1.29 is 4.74 Å². The first-order valence-electron chi connectivity index (χ1n) is 7.21. The Bertz CT molecular complexity index is 399. The van der Waals surface area contributed by atoms with Gasteiger partial charge >= 0.3 is 0 Å². The normalized spacial score (nSPS) is 27.3. The maximum atomic E-state index is 6.18. The van der Waals surface area contributed by atoms with Gasteiger partial charge in [0.15, 0.2) is 0 Å². The van der Waals surface area contributed by atoms with E-state index in [9.17, 15) is 0 Å². The molecule has 0 amide bonds. The molecule has 2 heteroatoms. The van der Waals surface area contributed by atoms with E-state index in [0.29, 0.717) is 0 Å². The standard InChI is InChI=1S/C16H23NO/c1-13-7-3-4-8-14(13)15-11-17-16(12-18-15)9-5-2-6-10-16/h3-4,7-8,15,17H,2,5-6,9-12H2,1H3. The first-order chi connectivity index (χ1) is 8.79. The van der Waals surface area contributed by atoms with Gasteiger partial charge in [-0.15, -0.1) is 0 Å². The third-order valence-electron chi connectivity index (χ3n) is 4.57. The van der Waals surface area contributed by atoms with Gasteiger partial charge < -0.3 is 10.1 Å². The zero-order valence-electron chi connectivity index (χ0n) is 11.2. The number of hydrogen-bond acceptors (Lipinski definition) is 2. The van der Waals surface area contributed by atoms with Crippen LogP contribution < -0.4 is 5.32 Å². The average Bonchev–Trinajstić information content (AvgIpc) is 2.42. The highest BCUT2D eigenvalue weighted by atomic mass is 16.5. The fraction of sp³-hybridized carbons (Fsp3) is 0.625. The Labute approximate surface area is 110 Å². The van der Waals surface area contributed by atoms with Crippen molar-refractivity contribution in [1.82, 2.24) is 5.32 Å². The lowest BCUT2D eigenvalue weighted by molar-refractivity contribution is -0.0469. The lowest BCUT2D eigenvalue weighted by atomic mass is 9.81. The van der Waals surface area contributed by atoms with Crippen LogP contribution in [-0.4, -0.2) is 18.7 Å². The lowest BCUT2D eigenvalue weighted by Crippen LogP contribution is -2.55. The van der Waals surface area contributed by atoms with Crippen LogP contribution in [0.4, 0.5) is 0 Å². The topological polar surface area (TPSA) is 21.3 Å². The molecule has 0 bridgehead atoms.